The van der Waals surface area contributed by atoms with Crippen molar-refractivity contribution in [2.45, 2.75) is 13.3 Å². The van der Waals surface area contributed by atoms with Gasteiger partial charge in [-0.2, -0.15) is 0 Å². The van der Waals surface area contributed by atoms with Crippen LogP contribution in [0.15, 0.2) is 35.5 Å². The highest BCUT2D eigenvalue weighted by molar-refractivity contribution is 14.0. The SMILES string of the molecule is CN=C(NCCc1ncc(C)s1)N1CCN(c2ccc(OC)cc2)CC1.I. The molecule has 0 radical (unpaired) electrons. The van der Waals surface area contributed by atoms with Crippen LogP contribution in [0.25, 0.3) is 0 Å². The van der Waals surface area contributed by atoms with Gasteiger partial charge in [0.05, 0.1) is 12.1 Å². The van der Waals surface area contributed by atoms with E-state index < -0.39 is 0 Å². The topological polar surface area (TPSA) is 53.0 Å². The normalized spacial score (nSPS) is 14.7. The number of halogens is 1. The van der Waals surface area contributed by atoms with E-state index in [9.17, 15) is 0 Å². The van der Waals surface area contributed by atoms with Crippen molar-refractivity contribution < 1.29 is 4.74 Å². The summed E-state index contributed by atoms with van der Waals surface area (Å²) in [7, 11) is 3.55. The number of piperazine rings is 1. The van der Waals surface area contributed by atoms with E-state index in [-0.39, 0.29) is 24.0 Å². The number of aromatic nitrogens is 1. The molecule has 1 N–H and O–H groups in total. The highest BCUT2D eigenvalue weighted by Crippen LogP contribution is 2.20. The van der Waals surface area contributed by atoms with Crippen molar-refractivity contribution in [2.24, 2.45) is 4.99 Å². The summed E-state index contributed by atoms with van der Waals surface area (Å²) in [5.41, 5.74) is 1.24. The highest BCUT2D eigenvalue weighted by Gasteiger charge is 2.19. The molecule has 0 unspecified atom stereocenters. The summed E-state index contributed by atoms with van der Waals surface area (Å²) in [6.45, 7) is 6.84. The average Bonchev–Trinajstić information content (AvgIpc) is 3.11. The predicted molar refractivity (Wildman–Crippen MR) is 124 cm³/mol. The maximum Gasteiger partial charge on any atom is 0.193 e. The van der Waals surface area contributed by atoms with Crippen LogP contribution in [-0.4, -0.2) is 62.7 Å². The van der Waals surface area contributed by atoms with E-state index in [4.69, 9.17) is 4.74 Å². The van der Waals surface area contributed by atoms with Crippen molar-refractivity contribution in [3.63, 3.8) is 0 Å². The Kier molecular flexibility index (Phi) is 8.62. The van der Waals surface area contributed by atoms with E-state index in [1.807, 2.05) is 25.4 Å². The Morgan fingerprint density at radius 2 is 1.93 bits per heavy atom. The predicted octanol–water partition coefficient (Wildman–Crippen LogP) is 3.02. The summed E-state index contributed by atoms with van der Waals surface area (Å²) in [6.07, 6.45) is 2.87. The average molecular weight is 501 g/mol. The molecule has 0 atom stereocenters. The Morgan fingerprint density at radius 1 is 1.22 bits per heavy atom. The van der Waals surface area contributed by atoms with Crippen molar-refractivity contribution in [2.75, 3.05) is 51.8 Å². The van der Waals surface area contributed by atoms with Crippen molar-refractivity contribution in [1.29, 1.82) is 0 Å². The molecule has 2 aromatic rings. The molecule has 8 heteroatoms. The number of aliphatic imine (C=N–C) groups is 1. The molecule has 0 bridgehead atoms. The third-order valence-corrected chi connectivity index (χ3v) is 5.49. The van der Waals surface area contributed by atoms with Crippen LogP contribution in [0, 0.1) is 6.92 Å². The first-order chi connectivity index (χ1) is 12.7. The van der Waals surface area contributed by atoms with Gasteiger partial charge in [0.2, 0.25) is 0 Å². The van der Waals surface area contributed by atoms with Gasteiger partial charge in [-0.3, -0.25) is 4.99 Å². The standard InChI is InChI=1S/C19H27N5OS.HI/c1-15-14-22-18(26-15)8-9-21-19(20-2)24-12-10-23(11-13-24)16-4-6-17(25-3)7-5-16;/h4-7,14H,8-13H2,1-3H3,(H,20,21);1H. The molecule has 1 aliphatic rings. The molecule has 0 aliphatic carbocycles. The van der Waals surface area contributed by atoms with Crippen LogP contribution in [0.4, 0.5) is 5.69 Å². The molecule has 2 heterocycles. The second-order valence-corrected chi connectivity index (χ2v) is 7.58. The lowest BCUT2D eigenvalue weighted by atomic mass is 10.2. The fourth-order valence-corrected chi connectivity index (χ4v) is 3.89. The Bertz CT molecular complexity index is 726. The number of rotatable bonds is 5. The molecule has 1 aromatic heterocycles. The molecule has 27 heavy (non-hydrogen) atoms. The van der Waals surface area contributed by atoms with E-state index in [2.05, 4.69) is 44.1 Å². The van der Waals surface area contributed by atoms with Gasteiger partial charge in [-0.1, -0.05) is 0 Å². The number of methoxy groups -OCH3 is 1. The number of guanidine groups is 1. The van der Waals surface area contributed by atoms with Crippen LogP contribution in [0.5, 0.6) is 5.75 Å². The molecule has 3 rings (SSSR count). The Hall–Kier alpha value is -1.55. The minimum atomic E-state index is 0. The smallest absolute Gasteiger partial charge is 0.193 e. The molecule has 1 fully saturated rings. The molecule has 1 aliphatic heterocycles. The zero-order valence-corrected chi connectivity index (χ0v) is 19.3. The molecule has 0 spiro atoms. The second-order valence-electron chi connectivity index (χ2n) is 6.26. The largest absolute Gasteiger partial charge is 0.497 e. The van der Waals surface area contributed by atoms with Gasteiger partial charge in [-0.15, -0.1) is 35.3 Å². The number of nitrogens with one attached hydrogen (secondary N) is 1. The minimum Gasteiger partial charge on any atom is -0.497 e. The van der Waals surface area contributed by atoms with Crippen molar-refractivity contribution >= 4 is 47.0 Å². The van der Waals surface area contributed by atoms with Crippen LogP contribution < -0.4 is 15.0 Å². The zero-order valence-electron chi connectivity index (χ0n) is 16.1. The van der Waals surface area contributed by atoms with Gasteiger partial charge in [-0.05, 0) is 31.2 Å². The van der Waals surface area contributed by atoms with Gasteiger partial charge >= 0.3 is 0 Å². The molecular formula is C19H28IN5OS. The summed E-state index contributed by atoms with van der Waals surface area (Å²) >= 11 is 1.76. The highest BCUT2D eigenvalue weighted by atomic mass is 127. The summed E-state index contributed by atoms with van der Waals surface area (Å²) < 4.78 is 5.24. The monoisotopic (exact) mass is 501 g/mol. The van der Waals surface area contributed by atoms with Gasteiger partial charge in [-0.25, -0.2) is 4.98 Å². The molecule has 0 saturated carbocycles. The zero-order chi connectivity index (χ0) is 18.4. The minimum absolute atomic E-state index is 0. The molecule has 6 nitrogen and oxygen atoms in total. The van der Waals surface area contributed by atoms with Crippen LogP contribution in [0.2, 0.25) is 0 Å². The number of hydrogen-bond acceptors (Lipinski definition) is 5. The van der Waals surface area contributed by atoms with Crippen LogP contribution in [0.1, 0.15) is 9.88 Å². The summed E-state index contributed by atoms with van der Waals surface area (Å²) in [5, 5.41) is 4.65. The molecule has 148 valence electrons. The number of anilines is 1. The fourth-order valence-electron chi connectivity index (χ4n) is 3.10. The van der Waals surface area contributed by atoms with E-state index in [1.165, 1.54) is 15.6 Å². The van der Waals surface area contributed by atoms with Crippen molar-refractivity contribution in [3.05, 3.63) is 40.3 Å². The second kappa shape index (κ2) is 10.7. The van der Waals surface area contributed by atoms with E-state index in [0.717, 1.165) is 50.9 Å². The number of aryl methyl sites for hydroxylation is 1. The third-order valence-electron chi connectivity index (χ3n) is 4.52. The number of ether oxygens (including phenoxy) is 1. The van der Waals surface area contributed by atoms with Crippen LogP contribution >= 0.6 is 35.3 Å². The molecular weight excluding hydrogens is 473 g/mol. The van der Waals surface area contributed by atoms with Crippen molar-refractivity contribution in [1.82, 2.24) is 15.2 Å². The maximum absolute atomic E-state index is 5.24. The Labute approximate surface area is 182 Å². The lowest BCUT2D eigenvalue weighted by Crippen LogP contribution is -2.52. The third kappa shape index (κ3) is 5.97. The summed E-state index contributed by atoms with van der Waals surface area (Å²) in [5.74, 6) is 1.88. The number of nitrogens with zero attached hydrogens (tertiary/aromatic N) is 4. The first-order valence-corrected chi connectivity index (χ1v) is 9.77. The van der Waals surface area contributed by atoms with Gasteiger partial charge in [0.1, 0.15) is 5.75 Å². The Morgan fingerprint density at radius 3 is 2.48 bits per heavy atom. The summed E-state index contributed by atoms with van der Waals surface area (Å²) in [4.78, 5) is 14.9. The number of hydrogen-bond donors (Lipinski definition) is 1. The van der Waals surface area contributed by atoms with Crippen LogP contribution in [-0.2, 0) is 6.42 Å². The van der Waals surface area contributed by atoms with E-state index in [1.54, 1.807) is 18.4 Å². The lowest BCUT2D eigenvalue weighted by molar-refractivity contribution is 0.373. The van der Waals surface area contributed by atoms with E-state index >= 15 is 0 Å². The Balaban J connectivity index is 0.00000261. The van der Waals surface area contributed by atoms with Gasteiger partial charge in [0, 0.05) is 63.0 Å². The number of thiazole rings is 1. The van der Waals surface area contributed by atoms with Crippen LogP contribution in [0.3, 0.4) is 0 Å². The molecule has 0 amide bonds. The maximum atomic E-state index is 5.24. The first-order valence-electron chi connectivity index (χ1n) is 8.95. The first kappa shape index (κ1) is 21.7. The molecule has 1 aromatic carbocycles. The van der Waals surface area contributed by atoms with Gasteiger partial charge < -0.3 is 19.9 Å². The molecule has 1 saturated heterocycles. The fraction of sp³-hybridized carbons (Fsp3) is 0.474. The lowest BCUT2D eigenvalue weighted by Gasteiger charge is -2.37. The number of benzene rings is 1. The quantitative estimate of drug-likeness (QED) is 0.388. The van der Waals surface area contributed by atoms with Gasteiger partial charge in [0.15, 0.2) is 5.96 Å². The van der Waals surface area contributed by atoms with E-state index in [0.29, 0.717) is 0 Å². The summed E-state index contributed by atoms with van der Waals surface area (Å²) in [6, 6.07) is 8.28. The van der Waals surface area contributed by atoms with Gasteiger partial charge in [0.25, 0.3) is 0 Å². The van der Waals surface area contributed by atoms with Crippen molar-refractivity contribution in [3.8, 4) is 5.75 Å².